The number of hydrogen-bond donors (Lipinski definition) is 3. The molecule has 0 aliphatic carbocycles. The molecule has 0 bridgehead atoms. The molecule has 2 heterocycles. The van der Waals surface area contributed by atoms with Crippen molar-refractivity contribution >= 4 is 23.1 Å². The molecule has 0 aromatic carbocycles. The first-order valence-electron chi connectivity index (χ1n) is 6.21. The number of nitrogens with two attached hydrogens (primary N) is 1. The van der Waals surface area contributed by atoms with Crippen molar-refractivity contribution in [3.05, 3.63) is 33.6 Å². The molecular weight excluding hydrogens is 258 g/mol. The van der Waals surface area contributed by atoms with Crippen LogP contribution in [0.25, 0.3) is 0 Å². The Labute approximate surface area is 117 Å². The summed E-state index contributed by atoms with van der Waals surface area (Å²) in [6, 6.07) is 6.55. The third-order valence-corrected chi connectivity index (χ3v) is 3.70. The van der Waals surface area contributed by atoms with Gasteiger partial charge in [-0.15, -0.1) is 11.3 Å². The third-order valence-electron chi connectivity index (χ3n) is 2.68. The van der Waals surface area contributed by atoms with Gasteiger partial charge in [0.15, 0.2) is 0 Å². The van der Waals surface area contributed by atoms with E-state index in [1.807, 2.05) is 24.3 Å². The van der Waals surface area contributed by atoms with Crippen molar-refractivity contribution < 1.29 is 0 Å². The van der Waals surface area contributed by atoms with E-state index < -0.39 is 0 Å². The molecule has 1 atom stereocenters. The topological polar surface area (TPSA) is 75.9 Å². The maximum Gasteiger partial charge on any atom is 0.239 e. The highest BCUT2D eigenvalue weighted by Gasteiger charge is 2.08. The maximum atomic E-state index is 5.34. The fraction of sp³-hybridized carbons (Fsp3) is 0.385. The first-order chi connectivity index (χ1) is 9.06. The minimum Gasteiger partial charge on any atom is -0.367 e. The second-order valence-electron chi connectivity index (χ2n) is 4.62. The lowest BCUT2D eigenvalue weighted by atomic mass is 10.2. The van der Waals surface area contributed by atoms with Gasteiger partial charge < -0.3 is 5.32 Å². The lowest BCUT2D eigenvalue weighted by molar-refractivity contribution is 0.793. The van der Waals surface area contributed by atoms with Crippen molar-refractivity contribution in [3.8, 4) is 0 Å². The molecule has 4 N–H and O–H groups in total. The molecule has 0 amide bonds. The van der Waals surface area contributed by atoms with Gasteiger partial charge in [-0.1, -0.05) is 0 Å². The van der Waals surface area contributed by atoms with Crippen LogP contribution in [0.3, 0.4) is 0 Å². The highest BCUT2D eigenvalue weighted by atomic mass is 32.1. The minimum atomic E-state index is 0.304. The molecule has 5 nitrogen and oxygen atoms in total. The summed E-state index contributed by atoms with van der Waals surface area (Å²) in [4.78, 5) is 11.2. The van der Waals surface area contributed by atoms with E-state index in [2.05, 4.69) is 46.7 Å². The molecule has 0 aliphatic heterocycles. The van der Waals surface area contributed by atoms with Crippen molar-refractivity contribution in [1.82, 2.24) is 9.97 Å². The number of nitrogen functional groups attached to an aromatic ring is 1. The number of hydrogen-bond acceptors (Lipinski definition) is 6. The van der Waals surface area contributed by atoms with Gasteiger partial charge in [0.25, 0.3) is 0 Å². The van der Waals surface area contributed by atoms with Gasteiger partial charge in [-0.2, -0.15) is 4.98 Å². The average Bonchev–Trinajstić information content (AvgIpc) is 2.73. The molecule has 0 saturated carbocycles. The Morgan fingerprint density at radius 2 is 2.11 bits per heavy atom. The molecule has 102 valence electrons. The molecular formula is C13H19N5S. The predicted octanol–water partition coefficient (Wildman–Crippen LogP) is 2.48. The fourth-order valence-electron chi connectivity index (χ4n) is 1.91. The number of thiophene rings is 1. The molecule has 0 fully saturated rings. The third kappa shape index (κ3) is 3.90. The van der Waals surface area contributed by atoms with E-state index in [1.54, 1.807) is 0 Å². The van der Waals surface area contributed by atoms with Crippen LogP contribution in [0.5, 0.6) is 0 Å². The summed E-state index contributed by atoms with van der Waals surface area (Å²) in [5.41, 5.74) is 3.35. The van der Waals surface area contributed by atoms with Crippen molar-refractivity contribution in [2.24, 2.45) is 5.84 Å². The Hall–Kier alpha value is -1.66. The van der Waals surface area contributed by atoms with Crippen LogP contribution in [0.2, 0.25) is 0 Å². The molecule has 0 aliphatic rings. The Balaban J connectivity index is 2.02. The number of nitrogens with zero attached hydrogens (tertiary/aromatic N) is 2. The lowest BCUT2D eigenvalue weighted by Gasteiger charge is -2.14. The first kappa shape index (κ1) is 13.8. The van der Waals surface area contributed by atoms with Crippen LogP contribution >= 0.6 is 11.3 Å². The Morgan fingerprint density at radius 1 is 1.32 bits per heavy atom. The van der Waals surface area contributed by atoms with E-state index in [9.17, 15) is 0 Å². The van der Waals surface area contributed by atoms with Gasteiger partial charge in [-0.05, 0) is 32.9 Å². The van der Waals surface area contributed by atoms with Crippen LogP contribution in [0, 0.1) is 13.8 Å². The van der Waals surface area contributed by atoms with Gasteiger partial charge in [0, 0.05) is 34.0 Å². The number of anilines is 2. The maximum absolute atomic E-state index is 5.34. The minimum absolute atomic E-state index is 0.304. The largest absolute Gasteiger partial charge is 0.367 e. The van der Waals surface area contributed by atoms with E-state index in [4.69, 9.17) is 5.84 Å². The van der Waals surface area contributed by atoms with Crippen LogP contribution < -0.4 is 16.6 Å². The van der Waals surface area contributed by atoms with Crippen LogP contribution in [0.4, 0.5) is 11.8 Å². The van der Waals surface area contributed by atoms with Crippen molar-refractivity contribution in [2.45, 2.75) is 33.2 Å². The second kappa shape index (κ2) is 5.99. The summed E-state index contributed by atoms with van der Waals surface area (Å²) in [5, 5.41) is 3.38. The smallest absolute Gasteiger partial charge is 0.239 e. The van der Waals surface area contributed by atoms with E-state index in [0.717, 1.165) is 17.9 Å². The van der Waals surface area contributed by atoms with Crippen LogP contribution in [0.1, 0.15) is 22.4 Å². The quantitative estimate of drug-likeness (QED) is 0.578. The predicted molar refractivity (Wildman–Crippen MR) is 80.4 cm³/mol. The van der Waals surface area contributed by atoms with E-state index in [0.29, 0.717) is 12.0 Å². The molecule has 0 radical (unpaired) electrons. The number of hydrazine groups is 1. The van der Waals surface area contributed by atoms with Crippen LogP contribution in [-0.2, 0) is 6.42 Å². The van der Waals surface area contributed by atoms with E-state index >= 15 is 0 Å². The van der Waals surface area contributed by atoms with Gasteiger partial charge in [0.05, 0.1) is 0 Å². The van der Waals surface area contributed by atoms with Gasteiger partial charge in [0.2, 0.25) is 5.95 Å². The first-order valence-corrected chi connectivity index (χ1v) is 7.02. The van der Waals surface area contributed by atoms with Crippen molar-refractivity contribution in [1.29, 1.82) is 0 Å². The number of aromatic nitrogens is 2. The lowest BCUT2D eigenvalue weighted by Crippen LogP contribution is -2.20. The SMILES string of the molecule is Cc1cc(NC(C)Cc2ccc(C)s2)nc(NN)n1. The van der Waals surface area contributed by atoms with Gasteiger partial charge >= 0.3 is 0 Å². The zero-order valence-electron chi connectivity index (χ0n) is 11.4. The highest BCUT2D eigenvalue weighted by molar-refractivity contribution is 7.11. The Morgan fingerprint density at radius 3 is 2.74 bits per heavy atom. The Kier molecular flexibility index (Phi) is 4.34. The number of rotatable bonds is 5. The zero-order valence-corrected chi connectivity index (χ0v) is 12.2. The summed E-state index contributed by atoms with van der Waals surface area (Å²) < 4.78 is 0. The number of aryl methyl sites for hydroxylation is 2. The molecule has 2 rings (SSSR count). The Bertz CT molecular complexity index is 552. The van der Waals surface area contributed by atoms with Crippen LogP contribution in [-0.4, -0.2) is 16.0 Å². The van der Waals surface area contributed by atoms with Crippen LogP contribution in [0.15, 0.2) is 18.2 Å². The van der Waals surface area contributed by atoms with Crippen molar-refractivity contribution in [2.75, 3.05) is 10.7 Å². The molecule has 19 heavy (non-hydrogen) atoms. The van der Waals surface area contributed by atoms with Gasteiger partial charge in [0.1, 0.15) is 5.82 Å². The van der Waals surface area contributed by atoms with E-state index in [1.165, 1.54) is 9.75 Å². The van der Waals surface area contributed by atoms with Gasteiger partial charge in [-0.25, -0.2) is 10.8 Å². The fourth-order valence-corrected chi connectivity index (χ4v) is 2.93. The van der Waals surface area contributed by atoms with Crippen molar-refractivity contribution in [3.63, 3.8) is 0 Å². The molecule has 0 spiro atoms. The monoisotopic (exact) mass is 277 g/mol. The van der Waals surface area contributed by atoms with E-state index in [-0.39, 0.29) is 0 Å². The highest BCUT2D eigenvalue weighted by Crippen LogP contribution is 2.18. The summed E-state index contributed by atoms with van der Waals surface area (Å²) in [7, 11) is 0. The summed E-state index contributed by atoms with van der Waals surface area (Å²) in [6.07, 6.45) is 0.979. The standard InChI is InChI=1S/C13H19N5S/c1-8(6-11-5-4-10(3)19-11)15-12-7-9(2)16-13(17-12)18-14/h4-5,7-8H,6,14H2,1-3H3,(H2,15,16,17,18). The average molecular weight is 277 g/mol. The number of nitrogens with one attached hydrogen (secondary N) is 2. The van der Waals surface area contributed by atoms with Gasteiger partial charge in [-0.3, -0.25) is 5.43 Å². The normalized spacial score (nSPS) is 12.2. The summed E-state index contributed by atoms with van der Waals surface area (Å²) in [6.45, 7) is 6.18. The zero-order chi connectivity index (χ0) is 13.8. The second-order valence-corrected chi connectivity index (χ2v) is 6.00. The summed E-state index contributed by atoms with van der Waals surface area (Å²) >= 11 is 1.83. The molecule has 0 saturated heterocycles. The molecule has 6 heteroatoms. The molecule has 1 unspecified atom stereocenters. The summed E-state index contributed by atoms with van der Waals surface area (Å²) in [5.74, 6) is 6.57. The molecule has 2 aromatic rings. The molecule has 2 aromatic heterocycles.